The van der Waals surface area contributed by atoms with Crippen molar-refractivity contribution in [2.75, 3.05) is 79.3 Å². The molecule has 0 spiro atoms. The molecular formula is C50H66Cl5N3O13P2S2. The van der Waals surface area contributed by atoms with Gasteiger partial charge in [0.15, 0.2) is 0 Å². The molecule has 6 rings (SSSR count). The minimum absolute atomic E-state index is 0.0154. The molecule has 2 aliphatic rings. The monoisotopic (exact) mass is 1220 g/mol. The molecule has 0 saturated carbocycles. The van der Waals surface area contributed by atoms with Crippen molar-refractivity contribution >= 4 is 103 Å². The summed E-state index contributed by atoms with van der Waals surface area (Å²) in [7, 11) is -4.63. The van der Waals surface area contributed by atoms with Gasteiger partial charge >= 0.3 is 19.7 Å². The van der Waals surface area contributed by atoms with Crippen molar-refractivity contribution in [3.05, 3.63) is 126 Å². The van der Waals surface area contributed by atoms with E-state index in [4.69, 9.17) is 85.0 Å². The Morgan fingerprint density at radius 2 is 1.15 bits per heavy atom. The maximum absolute atomic E-state index is 13.7. The summed E-state index contributed by atoms with van der Waals surface area (Å²) in [4.78, 5) is 32.8. The number of esters is 1. The first kappa shape index (κ1) is 66.6. The number of likely N-dealkylation sites (N-methyl/N-ethyl adjacent to an activating group) is 2. The van der Waals surface area contributed by atoms with Crippen molar-refractivity contribution in [2.24, 2.45) is 0 Å². The van der Waals surface area contributed by atoms with Crippen LogP contribution in [0.3, 0.4) is 0 Å². The van der Waals surface area contributed by atoms with Crippen LogP contribution in [0.1, 0.15) is 99.1 Å². The van der Waals surface area contributed by atoms with Crippen LogP contribution in [0.25, 0.3) is 0 Å². The lowest BCUT2D eigenvalue weighted by molar-refractivity contribution is -0.191. The van der Waals surface area contributed by atoms with Crippen molar-refractivity contribution in [1.82, 2.24) is 14.1 Å². The molecule has 16 nitrogen and oxygen atoms in total. The highest BCUT2D eigenvalue weighted by molar-refractivity contribution is 8.13. The molecule has 0 N–H and O–H groups in total. The van der Waals surface area contributed by atoms with Crippen LogP contribution in [0.5, 0.6) is 0 Å². The number of carbonyl (C=O) groups excluding carboxylic acids is 3. The summed E-state index contributed by atoms with van der Waals surface area (Å²) >= 11 is 25.3. The van der Waals surface area contributed by atoms with E-state index in [0.29, 0.717) is 52.6 Å². The van der Waals surface area contributed by atoms with E-state index in [0.717, 1.165) is 70.0 Å². The quantitative estimate of drug-likeness (QED) is 0.0350. The van der Waals surface area contributed by atoms with Crippen LogP contribution >= 0.6 is 72.1 Å². The number of hydrogen-bond acceptors (Lipinski definition) is 15. The summed E-state index contributed by atoms with van der Waals surface area (Å²) in [5.74, 6) is -0.927. The molecule has 0 bridgehead atoms. The molecule has 4 aromatic rings. The van der Waals surface area contributed by atoms with Gasteiger partial charge in [0.25, 0.3) is 9.05 Å². The Hall–Kier alpha value is -2.70. The highest BCUT2D eigenvalue weighted by atomic mass is 35.7. The van der Waals surface area contributed by atoms with Gasteiger partial charge in [-0.2, -0.15) is 13.9 Å². The van der Waals surface area contributed by atoms with E-state index in [9.17, 15) is 30.8 Å². The van der Waals surface area contributed by atoms with Gasteiger partial charge < -0.3 is 28.1 Å². The van der Waals surface area contributed by atoms with Crippen molar-refractivity contribution < 1.29 is 58.7 Å². The third kappa shape index (κ3) is 20.5. The highest BCUT2D eigenvalue weighted by Crippen LogP contribution is 2.49. The number of unbranched alkanes of at least 4 members (excludes halogenated alkanes) is 2. The summed E-state index contributed by atoms with van der Waals surface area (Å²) in [6, 6.07) is 20.4. The maximum atomic E-state index is 13.7. The second-order valence-corrected chi connectivity index (χ2v) is 28.4. The fraction of sp³-hybridized carbons (Fsp3) is 0.480. The van der Waals surface area contributed by atoms with Gasteiger partial charge in [-0.3, -0.25) is 13.9 Å². The van der Waals surface area contributed by atoms with E-state index in [1.165, 1.54) is 18.8 Å². The molecule has 0 amide bonds. The van der Waals surface area contributed by atoms with Crippen LogP contribution in [-0.4, -0.2) is 122 Å². The molecule has 0 radical (unpaired) electrons. The summed E-state index contributed by atoms with van der Waals surface area (Å²) < 4.78 is 96.7. The largest absolute Gasteiger partial charge is 0.465 e. The summed E-state index contributed by atoms with van der Waals surface area (Å²) in [5, 5.41) is 2.27. The molecule has 3 atom stereocenters. The van der Waals surface area contributed by atoms with Gasteiger partial charge in [-0.15, -0.1) is 0 Å². The molecule has 0 saturated heterocycles. The number of nitrogens with zero attached hydrogens (tertiary/aromatic N) is 3. The molecule has 3 unspecified atom stereocenters. The van der Waals surface area contributed by atoms with Crippen molar-refractivity contribution in [3.63, 3.8) is 0 Å². The molecule has 4 aromatic carbocycles. The zero-order chi connectivity index (χ0) is 56.3. The molecule has 0 aromatic heterocycles. The highest BCUT2D eigenvalue weighted by Gasteiger charge is 2.35. The first-order chi connectivity index (χ1) is 35.2. The number of rotatable bonds is 20. The molecule has 75 heavy (non-hydrogen) atoms. The Bertz CT molecular complexity index is 2910. The SMILES string of the molecule is CCCCCP(=O)(OCC)OCC.CCOC(=O)CN(CP(C)(=O)OCC)S(=O)(=O)c1cccc(C2CN(C)Cc3c(Cl)cc(Cl)cc32)c1.CN1Cc2c(Cl)cc(Cl)cc2C(c2cccc(S(=O)(=O)Cl)c2)C1.O=C=O. The molecule has 2 aliphatic heterocycles. The van der Waals surface area contributed by atoms with E-state index in [2.05, 4.69) is 16.7 Å². The third-order valence-corrected chi connectivity index (χ3v) is 19.8. The molecule has 0 aliphatic carbocycles. The number of halogens is 5. The number of ether oxygens (including phenoxy) is 1. The van der Waals surface area contributed by atoms with Crippen molar-refractivity contribution in [1.29, 1.82) is 0 Å². The Morgan fingerprint density at radius 1 is 0.693 bits per heavy atom. The van der Waals surface area contributed by atoms with E-state index < -0.39 is 52.8 Å². The Labute approximate surface area is 467 Å². The van der Waals surface area contributed by atoms with Crippen molar-refractivity contribution in [2.45, 2.75) is 88.6 Å². The smallest absolute Gasteiger partial charge is 0.373 e. The topological polar surface area (TPSA) is 200 Å². The van der Waals surface area contributed by atoms with Gasteiger partial charge in [0.05, 0.1) is 48.7 Å². The number of fused-ring (bicyclic) bond motifs is 2. The number of hydrogen-bond donors (Lipinski definition) is 0. The van der Waals surface area contributed by atoms with Crippen LogP contribution in [0.4, 0.5) is 0 Å². The fourth-order valence-corrected chi connectivity index (χ4v) is 15.8. The summed E-state index contributed by atoms with van der Waals surface area (Å²) in [6.07, 6.45) is 3.49. The standard InChI is InChI=1S/C24H31Cl2N2O6PS.C16H14Cl3NO2S.C9H21O3P.CO2/c1-5-33-24(29)15-28(16-35(4,30)34-6-2)36(31,32)19-9-7-8-17(10-19)21-13-27(3)14-22-20(21)11-18(25)12-23(22)26;1-20-8-14(10-3-2-4-12(5-10)23(19,21)22)13-6-11(17)7-16(18)15(13)9-20;1-4-7-8-9-13(10,11-5-2)12-6-3;2-1-3/h7-12,21H,5-6,13-16H2,1-4H3;2-7,14H,8-9H2,1H3;4-9H2,1-3H3;. The average Bonchev–Trinajstić information content (AvgIpc) is 3.32. The molecule has 25 heteroatoms. The normalized spacial score (nSPS) is 16.6. The lowest BCUT2D eigenvalue weighted by Crippen LogP contribution is -2.37. The molecule has 0 fully saturated rings. The zero-order valence-electron chi connectivity index (χ0n) is 43.2. The van der Waals surface area contributed by atoms with E-state index in [-0.39, 0.29) is 41.0 Å². The van der Waals surface area contributed by atoms with Crippen LogP contribution in [0.15, 0.2) is 82.6 Å². The van der Waals surface area contributed by atoms with Gasteiger partial charge in [0.2, 0.25) is 17.4 Å². The second kappa shape index (κ2) is 31.2. The summed E-state index contributed by atoms with van der Waals surface area (Å²) in [6.45, 7) is 13.8. The fourth-order valence-electron chi connectivity index (χ4n) is 8.46. The van der Waals surface area contributed by atoms with Gasteiger partial charge in [-0.25, -0.2) is 16.8 Å². The van der Waals surface area contributed by atoms with Crippen LogP contribution in [0, 0.1) is 0 Å². The van der Waals surface area contributed by atoms with Crippen LogP contribution in [-0.2, 0) is 74.0 Å². The van der Waals surface area contributed by atoms with E-state index in [1.807, 2.05) is 52.2 Å². The van der Waals surface area contributed by atoms with E-state index in [1.54, 1.807) is 50.2 Å². The van der Waals surface area contributed by atoms with Gasteiger partial charge in [-0.05, 0) is 130 Å². The predicted molar refractivity (Wildman–Crippen MR) is 296 cm³/mol. The lowest BCUT2D eigenvalue weighted by atomic mass is 9.85. The zero-order valence-corrected chi connectivity index (χ0v) is 50.4. The average molecular weight is 1220 g/mol. The van der Waals surface area contributed by atoms with Crippen LogP contribution in [0.2, 0.25) is 20.1 Å². The van der Waals surface area contributed by atoms with Crippen LogP contribution < -0.4 is 0 Å². The minimum Gasteiger partial charge on any atom is -0.465 e. The Morgan fingerprint density at radius 3 is 1.57 bits per heavy atom. The second-order valence-electron chi connectivity index (χ2n) is 17.4. The first-order valence-electron chi connectivity index (χ1n) is 23.9. The number of carbonyl (C=O) groups is 1. The number of benzene rings is 4. The van der Waals surface area contributed by atoms with Crippen molar-refractivity contribution in [3.8, 4) is 0 Å². The van der Waals surface area contributed by atoms with Gasteiger partial charge in [-0.1, -0.05) is 90.4 Å². The van der Waals surface area contributed by atoms with E-state index >= 15 is 0 Å². The summed E-state index contributed by atoms with van der Waals surface area (Å²) in [5.41, 5.74) is 5.57. The molecule has 2 heterocycles. The van der Waals surface area contributed by atoms with Gasteiger partial charge in [0.1, 0.15) is 6.54 Å². The van der Waals surface area contributed by atoms with Gasteiger partial charge in [0, 0.05) is 75.5 Å². The Kier molecular flexibility index (Phi) is 27.7. The lowest BCUT2D eigenvalue weighted by Gasteiger charge is -2.33. The maximum Gasteiger partial charge on any atom is 0.373 e. The minimum atomic E-state index is -4.22. The molecule has 416 valence electrons. The number of sulfonamides is 1. The molecular weight excluding hydrogens is 1150 g/mol. The first-order valence-corrected chi connectivity index (χ1v) is 33.2. The Balaban J connectivity index is 0.000000323. The third-order valence-electron chi connectivity index (χ3n) is 11.5. The predicted octanol–water partition coefficient (Wildman–Crippen LogP) is 12.4.